The van der Waals surface area contributed by atoms with E-state index in [-0.39, 0.29) is 0 Å². The van der Waals surface area contributed by atoms with Crippen LogP contribution in [0.1, 0.15) is 72.4 Å². The largest absolute Gasteiger partial charge is 0.179 e. The van der Waals surface area contributed by atoms with Crippen LogP contribution in [-0.4, -0.2) is 3.21 Å². The zero-order valence-corrected chi connectivity index (χ0v) is 22.3. The number of hydrogen-bond acceptors (Lipinski definition) is 0. The van der Waals surface area contributed by atoms with Gasteiger partial charge in [-0.2, -0.15) is 41.5 Å². The SMILES string of the molecule is CCC1=[C-]C(CC)C=C1C(C)(C)C.C[C](C)=[Zr+2].[c-]1cccc2c1Cc1ccccc1-2. The summed E-state index contributed by atoms with van der Waals surface area (Å²) >= 11 is 1.55. The Morgan fingerprint density at radius 2 is 1.67 bits per heavy atom. The predicted octanol–water partition coefficient (Wildman–Crippen LogP) is 7.94. The van der Waals surface area contributed by atoms with Crippen LogP contribution in [0.25, 0.3) is 11.1 Å². The fourth-order valence-electron chi connectivity index (χ4n) is 3.86. The summed E-state index contributed by atoms with van der Waals surface area (Å²) in [7, 11) is 0. The maximum Gasteiger partial charge on any atom is -0.0253 e. The van der Waals surface area contributed by atoms with Gasteiger partial charge in [0.1, 0.15) is 0 Å². The van der Waals surface area contributed by atoms with E-state index in [1.54, 1.807) is 24.2 Å². The Bertz CT molecular complexity index is 874. The summed E-state index contributed by atoms with van der Waals surface area (Å²) in [4.78, 5) is 0. The van der Waals surface area contributed by atoms with Gasteiger partial charge in [-0.05, 0) is 6.42 Å². The molecule has 156 valence electrons. The molecule has 0 N–H and O–H groups in total. The summed E-state index contributed by atoms with van der Waals surface area (Å²) in [6.07, 6.45) is 9.33. The van der Waals surface area contributed by atoms with Gasteiger partial charge in [0.25, 0.3) is 0 Å². The second kappa shape index (κ2) is 11.3. The number of hydrogen-bond donors (Lipinski definition) is 0. The Balaban J connectivity index is 0.000000182. The molecule has 0 fully saturated rings. The van der Waals surface area contributed by atoms with E-state index in [1.807, 2.05) is 6.07 Å². The van der Waals surface area contributed by atoms with Gasteiger partial charge in [0.2, 0.25) is 0 Å². The molecule has 2 aromatic rings. The molecule has 2 aliphatic rings. The molecule has 0 nitrogen and oxygen atoms in total. The van der Waals surface area contributed by atoms with Gasteiger partial charge >= 0.3 is 41.3 Å². The Kier molecular flexibility index (Phi) is 9.42. The van der Waals surface area contributed by atoms with Crippen molar-refractivity contribution in [2.24, 2.45) is 11.3 Å². The first-order chi connectivity index (χ1) is 14.2. The van der Waals surface area contributed by atoms with Crippen molar-refractivity contribution in [1.82, 2.24) is 0 Å². The van der Waals surface area contributed by atoms with Crippen molar-refractivity contribution in [1.29, 1.82) is 0 Å². The summed E-state index contributed by atoms with van der Waals surface area (Å²) in [6.45, 7) is 15.6. The summed E-state index contributed by atoms with van der Waals surface area (Å²) in [5.41, 5.74) is 8.76. The van der Waals surface area contributed by atoms with Crippen molar-refractivity contribution < 1.29 is 24.2 Å². The quantitative estimate of drug-likeness (QED) is 0.330. The molecule has 1 unspecified atom stereocenters. The van der Waals surface area contributed by atoms with Crippen LogP contribution in [0.3, 0.4) is 0 Å². The minimum Gasteiger partial charge on any atom is -0.179 e. The maximum absolute atomic E-state index is 3.57. The van der Waals surface area contributed by atoms with Gasteiger partial charge in [0, 0.05) is 0 Å². The van der Waals surface area contributed by atoms with E-state index in [0.29, 0.717) is 11.3 Å². The van der Waals surface area contributed by atoms with Crippen molar-refractivity contribution in [2.75, 3.05) is 0 Å². The van der Waals surface area contributed by atoms with Gasteiger partial charge in [-0.15, -0.1) is 5.56 Å². The zero-order valence-electron chi connectivity index (χ0n) is 19.8. The van der Waals surface area contributed by atoms with Crippen molar-refractivity contribution in [3.05, 3.63) is 83.0 Å². The predicted molar refractivity (Wildman–Crippen MR) is 128 cm³/mol. The van der Waals surface area contributed by atoms with Crippen LogP contribution in [0.4, 0.5) is 0 Å². The first-order valence-corrected chi connectivity index (χ1v) is 12.3. The first-order valence-electron chi connectivity index (χ1n) is 11.1. The van der Waals surface area contributed by atoms with Gasteiger partial charge < -0.3 is 0 Å². The van der Waals surface area contributed by atoms with Crippen LogP contribution in [-0.2, 0) is 30.7 Å². The van der Waals surface area contributed by atoms with E-state index in [0.717, 1.165) is 12.8 Å². The van der Waals surface area contributed by atoms with E-state index in [2.05, 4.69) is 103 Å². The van der Waals surface area contributed by atoms with Crippen molar-refractivity contribution in [3.63, 3.8) is 0 Å². The molecule has 0 heterocycles. The molecular weight excluding hydrogens is 440 g/mol. The van der Waals surface area contributed by atoms with Gasteiger partial charge in [-0.25, -0.2) is 5.57 Å². The van der Waals surface area contributed by atoms with E-state index in [9.17, 15) is 0 Å². The zero-order chi connectivity index (χ0) is 22.3. The molecule has 0 radical (unpaired) electrons. The summed E-state index contributed by atoms with van der Waals surface area (Å²) in [6, 6.07) is 18.1. The number of allylic oxidation sites excluding steroid dienone is 4. The normalized spacial score (nSPS) is 16.2. The van der Waals surface area contributed by atoms with Gasteiger partial charge in [-0.1, -0.05) is 94.2 Å². The molecule has 1 heteroatoms. The standard InChI is InChI=1S/C13H9.C13H21.C3H6.Zr/c1-3-7-12-10(5-1)9-11-6-2-4-8-13(11)12;1-6-10-8-11(7-2)12(9-10)13(3,4)5;1-3-2;/h1-5,7-8H,9H2;9-10H,6-7H2,1-5H3;1-2H3;/q2*-1;;+2. The Morgan fingerprint density at radius 1 is 1.03 bits per heavy atom. The topological polar surface area (TPSA) is 0 Å². The second-order valence-electron chi connectivity index (χ2n) is 9.22. The maximum atomic E-state index is 3.57. The molecule has 4 rings (SSSR count). The first kappa shape index (κ1) is 24.9. The monoisotopic (exact) mass is 474 g/mol. The number of benzene rings is 2. The molecule has 0 bridgehead atoms. The Morgan fingerprint density at radius 3 is 2.23 bits per heavy atom. The van der Waals surface area contributed by atoms with E-state index < -0.39 is 0 Å². The Labute approximate surface area is 199 Å². The third kappa shape index (κ3) is 6.85. The molecule has 0 spiro atoms. The minimum absolute atomic E-state index is 0.294. The molecule has 30 heavy (non-hydrogen) atoms. The van der Waals surface area contributed by atoms with Gasteiger partial charge in [0.15, 0.2) is 0 Å². The molecular formula is C29H36Zr. The third-order valence-corrected chi connectivity index (χ3v) is 5.27. The number of fused-ring (bicyclic) bond motifs is 3. The third-order valence-electron chi connectivity index (χ3n) is 5.27. The summed E-state index contributed by atoms with van der Waals surface area (Å²) in [5, 5.41) is 0. The van der Waals surface area contributed by atoms with Gasteiger partial charge in [-0.3, -0.25) is 6.08 Å². The smallest absolute Gasteiger partial charge is 0.0253 e. The molecule has 0 aromatic heterocycles. The van der Waals surface area contributed by atoms with Crippen molar-refractivity contribution in [2.45, 2.75) is 67.7 Å². The van der Waals surface area contributed by atoms with Crippen molar-refractivity contribution in [3.8, 4) is 11.1 Å². The van der Waals surface area contributed by atoms with E-state index in [4.69, 9.17) is 0 Å². The van der Waals surface area contributed by atoms with E-state index in [1.165, 1.54) is 43.0 Å². The molecule has 0 aliphatic heterocycles. The van der Waals surface area contributed by atoms with Crippen LogP contribution in [0.5, 0.6) is 0 Å². The summed E-state index contributed by atoms with van der Waals surface area (Å²) < 4.78 is 1.51. The van der Waals surface area contributed by atoms with Gasteiger partial charge in [0.05, 0.1) is 0 Å². The minimum atomic E-state index is 0.294. The molecule has 0 saturated carbocycles. The molecule has 2 aliphatic carbocycles. The van der Waals surface area contributed by atoms with Crippen LogP contribution in [0.15, 0.2) is 59.7 Å². The Hall–Kier alpha value is -1.33. The number of rotatable bonds is 2. The van der Waals surface area contributed by atoms with Crippen LogP contribution in [0.2, 0.25) is 0 Å². The van der Waals surface area contributed by atoms with Crippen LogP contribution >= 0.6 is 0 Å². The fraction of sp³-hybridized carbons (Fsp3) is 0.414. The molecule has 2 aromatic carbocycles. The average molecular weight is 476 g/mol. The molecule has 1 atom stereocenters. The molecule has 0 amide bonds. The van der Waals surface area contributed by atoms with E-state index >= 15 is 0 Å². The van der Waals surface area contributed by atoms with Crippen molar-refractivity contribution >= 4 is 3.21 Å². The fourth-order valence-corrected chi connectivity index (χ4v) is 3.86. The van der Waals surface area contributed by atoms with Crippen LogP contribution in [0, 0.1) is 23.5 Å². The molecule has 0 saturated heterocycles. The average Bonchev–Trinajstić information content (AvgIpc) is 3.29. The second-order valence-corrected chi connectivity index (χ2v) is 11.7. The summed E-state index contributed by atoms with van der Waals surface area (Å²) in [5.74, 6) is 0.573. The van der Waals surface area contributed by atoms with Crippen LogP contribution < -0.4 is 0 Å².